The average molecular weight is 440 g/mol. The van der Waals surface area contributed by atoms with Gasteiger partial charge in [-0.1, -0.05) is 15.9 Å². The van der Waals surface area contributed by atoms with E-state index in [2.05, 4.69) is 31.9 Å². The van der Waals surface area contributed by atoms with Crippen molar-refractivity contribution in [3.05, 3.63) is 26.1 Å². The molecule has 1 aliphatic heterocycles. The Morgan fingerprint density at radius 3 is 2.52 bits per heavy atom. The molecule has 2 N–H and O–H groups in total. The minimum atomic E-state index is -3.57. The molecule has 2 rings (SSSR count). The molecule has 1 unspecified atom stereocenters. The van der Waals surface area contributed by atoms with Crippen LogP contribution in [0.2, 0.25) is 0 Å². The van der Waals surface area contributed by atoms with Crippen LogP contribution in [0.3, 0.4) is 0 Å². The van der Waals surface area contributed by atoms with Gasteiger partial charge in [-0.15, -0.1) is 0 Å². The minimum absolute atomic E-state index is 0.0783. The molecule has 21 heavy (non-hydrogen) atoms. The van der Waals surface area contributed by atoms with Crippen molar-refractivity contribution in [2.45, 2.75) is 20.3 Å². The molecule has 1 aliphatic rings. The summed E-state index contributed by atoms with van der Waals surface area (Å²) in [5.41, 5.74) is 2.80. The molecule has 0 aromatic heterocycles. The summed E-state index contributed by atoms with van der Waals surface area (Å²) >= 11 is 7.03. The quantitative estimate of drug-likeness (QED) is 0.785. The van der Waals surface area contributed by atoms with Crippen molar-refractivity contribution in [2.75, 3.05) is 17.2 Å². The Bertz CT molecular complexity index is 704. The van der Waals surface area contributed by atoms with Gasteiger partial charge < -0.3 is 4.90 Å². The number of rotatable bonds is 3. The van der Waals surface area contributed by atoms with Gasteiger partial charge in [0, 0.05) is 27.8 Å². The molecular formula is C13H16Br2N2O3S. The number of hydrogen-bond donors (Lipinski definition) is 1. The third kappa shape index (κ3) is 3.67. The van der Waals surface area contributed by atoms with Crippen LogP contribution in [0.1, 0.15) is 17.5 Å². The van der Waals surface area contributed by atoms with E-state index in [1.54, 1.807) is 4.90 Å². The van der Waals surface area contributed by atoms with Crippen LogP contribution in [-0.2, 0) is 14.8 Å². The number of nitrogens with zero attached hydrogens (tertiary/aromatic N) is 1. The van der Waals surface area contributed by atoms with Crippen LogP contribution in [0.4, 0.5) is 5.69 Å². The second-order valence-corrected chi connectivity index (χ2v) is 8.61. The van der Waals surface area contributed by atoms with E-state index in [0.717, 1.165) is 25.8 Å². The molecule has 1 aromatic carbocycles. The number of halogens is 2. The minimum Gasteiger partial charge on any atom is -0.311 e. The lowest BCUT2D eigenvalue weighted by atomic mass is 10.1. The van der Waals surface area contributed by atoms with Gasteiger partial charge in [0.15, 0.2) is 0 Å². The van der Waals surface area contributed by atoms with E-state index in [9.17, 15) is 13.2 Å². The summed E-state index contributed by atoms with van der Waals surface area (Å²) in [6, 6.07) is 1.92. The van der Waals surface area contributed by atoms with Gasteiger partial charge in [-0.3, -0.25) is 4.79 Å². The van der Waals surface area contributed by atoms with E-state index in [1.807, 2.05) is 19.9 Å². The zero-order valence-electron chi connectivity index (χ0n) is 11.7. The number of hydrogen-bond acceptors (Lipinski definition) is 3. The molecule has 8 heteroatoms. The number of amides is 1. The van der Waals surface area contributed by atoms with Crippen molar-refractivity contribution in [3.63, 3.8) is 0 Å². The first-order valence-electron chi connectivity index (χ1n) is 6.36. The van der Waals surface area contributed by atoms with Crippen LogP contribution in [0.5, 0.6) is 0 Å². The van der Waals surface area contributed by atoms with Crippen LogP contribution in [0.25, 0.3) is 0 Å². The third-order valence-electron chi connectivity index (χ3n) is 3.55. The van der Waals surface area contributed by atoms with Crippen molar-refractivity contribution >= 4 is 53.5 Å². The van der Waals surface area contributed by atoms with Crippen molar-refractivity contribution in [3.8, 4) is 0 Å². The number of carbonyl (C=O) groups is 1. The summed E-state index contributed by atoms with van der Waals surface area (Å²) in [6.45, 7) is 4.27. The highest BCUT2D eigenvalue weighted by molar-refractivity contribution is 9.11. The standard InChI is InChI=1S/C13H16Br2N2O3S/c1-7-3-10(13(15)8(2)12(7)14)17-5-9(4-11(17)18)6-21(16,19)20/h3,9H,4-6H2,1-2H3,(H2,16,19,20). The molecule has 0 spiro atoms. The molecule has 5 nitrogen and oxygen atoms in total. The topological polar surface area (TPSA) is 80.5 Å². The summed E-state index contributed by atoms with van der Waals surface area (Å²) in [4.78, 5) is 13.8. The zero-order chi connectivity index (χ0) is 15.9. The second kappa shape index (κ2) is 5.98. The van der Waals surface area contributed by atoms with Crippen LogP contribution in [0.15, 0.2) is 15.0 Å². The Hall–Kier alpha value is -0.440. The van der Waals surface area contributed by atoms with E-state index in [1.165, 1.54) is 0 Å². The zero-order valence-corrected chi connectivity index (χ0v) is 15.7. The number of sulfonamides is 1. The summed E-state index contributed by atoms with van der Waals surface area (Å²) in [7, 11) is -3.57. The molecule has 0 radical (unpaired) electrons. The lowest BCUT2D eigenvalue weighted by Crippen LogP contribution is -2.28. The smallest absolute Gasteiger partial charge is 0.227 e. The van der Waals surface area contributed by atoms with Crippen LogP contribution in [0, 0.1) is 19.8 Å². The number of aryl methyl sites for hydroxylation is 1. The van der Waals surface area contributed by atoms with Gasteiger partial charge in [0.05, 0.1) is 11.4 Å². The van der Waals surface area contributed by atoms with Crippen LogP contribution >= 0.6 is 31.9 Å². The Balaban J connectivity index is 2.34. The molecule has 1 amide bonds. The normalized spacial score (nSPS) is 19.4. The van der Waals surface area contributed by atoms with Crippen LogP contribution < -0.4 is 10.0 Å². The van der Waals surface area contributed by atoms with Gasteiger partial charge in [-0.2, -0.15) is 0 Å². The van der Waals surface area contributed by atoms with E-state index in [-0.39, 0.29) is 24.0 Å². The predicted molar refractivity (Wildman–Crippen MR) is 89.8 cm³/mol. The van der Waals surface area contributed by atoms with Gasteiger partial charge in [-0.25, -0.2) is 13.6 Å². The SMILES string of the molecule is Cc1cc(N2CC(CS(N)(=O)=O)CC2=O)c(Br)c(C)c1Br. The van der Waals surface area contributed by atoms with E-state index < -0.39 is 10.0 Å². The van der Waals surface area contributed by atoms with Gasteiger partial charge in [0.1, 0.15) is 0 Å². The largest absolute Gasteiger partial charge is 0.311 e. The summed E-state index contributed by atoms with van der Waals surface area (Å²) in [5, 5.41) is 5.07. The second-order valence-electron chi connectivity index (χ2n) is 5.37. The maximum absolute atomic E-state index is 12.2. The highest BCUT2D eigenvalue weighted by Gasteiger charge is 2.34. The molecule has 0 aliphatic carbocycles. The first kappa shape index (κ1) is 16.9. The third-order valence-corrected chi connectivity index (χ3v) is 6.70. The number of nitrogens with two attached hydrogens (primary N) is 1. The molecule has 116 valence electrons. The molecule has 1 aromatic rings. The fourth-order valence-electron chi connectivity index (χ4n) is 2.57. The lowest BCUT2D eigenvalue weighted by molar-refractivity contribution is -0.117. The number of anilines is 1. The van der Waals surface area contributed by atoms with Gasteiger partial charge in [0.25, 0.3) is 0 Å². The highest BCUT2D eigenvalue weighted by Crippen LogP contribution is 2.38. The first-order chi connectivity index (χ1) is 9.60. The van der Waals surface area contributed by atoms with Crippen molar-refractivity contribution in [1.29, 1.82) is 0 Å². The summed E-state index contributed by atoms with van der Waals surface area (Å²) < 4.78 is 24.2. The predicted octanol–water partition coefficient (Wildman–Crippen LogP) is 2.47. The number of benzene rings is 1. The molecule has 1 saturated heterocycles. The number of primary sulfonamides is 1. The van der Waals surface area contributed by atoms with Crippen LogP contribution in [-0.4, -0.2) is 26.6 Å². The van der Waals surface area contributed by atoms with Gasteiger partial charge in [0.2, 0.25) is 15.9 Å². The molecule has 0 saturated carbocycles. The van der Waals surface area contributed by atoms with Crippen molar-refractivity contribution in [2.24, 2.45) is 11.1 Å². The van der Waals surface area contributed by atoms with Crippen molar-refractivity contribution in [1.82, 2.24) is 0 Å². The maximum Gasteiger partial charge on any atom is 0.227 e. The van der Waals surface area contributed by atoms with E-state index in [4.69, 9.17) is 5.14 Å². The fraction of sp³-hybridized carbons (Fsp3) is 0.462. The Kier molecular flexibility index (Phi) is 4.82. The summed E-state index contributed by atoms with van der Waals surface area (Å²) in [5.74, 6) is -0.504. The lowest BCUT2D eigenvalue weighted by Gasteiger charge is -2.21. The number of carbonyl (C=O) groups excluding carboxylic acids is 1. The molecule has 1 atom stereocenters. The van der Waals surface area contributed by atoms with Gasteiger partial charge >= 0.3 is 0 Å². The highest BCUT2D eigenvalue weighted by atomic mass is 79.9. The molecular weight excluding hydrogens is 424 g/mol. The monoisotopic (exact) mass is 438 g/mol. The maximum atomic E-state index is 12.2. The average Bonchev–Trinajstić information content (AvgIpc) is 2.69. The van der Waals surface area contributed by atoms with Gasteiger partial charge in [-0.05, 0) is 47.0 Å². The van der Waals surface area contributed by atoms with E-state index >= 15 is 0 Å². The Morgan fingerprint density at radius 1 is 1.33 bits per heavy atom. The molecule has 0 bridgehead atoms. The first-order valence-corrected chi connectivity index (χ1v) is 9.66. The molecule has 1 heterocycles. The fourth-order valence-corrected chi connectivity index (χ4v) is 4.55. The Morgan fingerprint density at radius 2 is 1.95 bits per heavy atom. The van der Waals surface area contributed by atoms with Crippen molar-refractivity contribution < 1.29 is 13.2 Å². The summed E-state index contributed by atoms with van der Waals surface area (Å²) in [6.07, 6.45) is 0.205. The Labute approximate surface area is 141 Å². The van der Waals surface area contributed by atoms with E-state index in [0.29, 0.717) is 6.54 Å². The molecule has 1 fully saturated rings.